The van der Waals surface area contributed by atoms with Gasteiger partial charge in [-0.2, -0.15) is 0 Å². The van der Waals surface area contributed by atoms with Gasteiger partial charge >= 0.3 is 11.9 Å². The van der Waals surface area contributed by atoms with Crippen LogP contribution >= 0.6 is 15.9 Å². The van der Waals surface area contributed by atoms with Gasteiger partial charge in [-0.25, -0.2) is 0 Å². The first-order valence-corrected chi connectivity index (χ1v) is 5.31. The lowest BCUT2D eigenvalue weighted by Gasteiger charge is -1.95. The van der Waals surface area contributed by atoms with Crippen molar-refractivity contribution >= 4 is 27.9 Å². The number of alkyl halides is 1. The molecule has 1 spiro atoms. The molecule has 0 aromatic rings. The molecule has 78 valence electrons. The Morgan fingerprint density at radius 1 is 1.21 bits per heavy atom. The van der Waals surface area contributed by atoms with Crippen molar-refractivity contribution in [2.45, 2.75) is 11.2 Å². The third kappa shape index (κ3) is 1.05. The van der Waals surface area contributed by atoms with E-state index in [2.05, 4.69) is 25.4 Å². The molecular formula is C9H11BrO4. The molecule has 0 saturated heterocycles. The van der Waals surface area contributed by atoms with E-state index < -0.39 is 0 Å². The quantitative estimate of drug-likeness (QED) is 0.544. The molecule has 2 aliphatic rings. The van der Waals surface area contributed by atoms with Crippen LogP contribution in [0.4, 0.5) is 0 Å². The van der Waals surface area contributed by atoms with Gasteiger partial charge in [-0.3, -0.25) is 9.59 Å². The summed E-state index contributed by atoms with van der Waals surface area (Å²) in [6.45, 7) is 0. The van der Waals surface area contributed by atoms with E-state index >= 15 is 0 Å². The fraction of sp³-hybridized carbons (Fsp3) is 0.778. The van der Waals surface area contributed by atoms with Crippen LogP contribution in [0.2, 0.25) is 0 Å². The zero-order valence-electron chi connectivity index (χ0n) is 7.95. The lowest BCUT2D eigenvalue weighted by Crippen LogP contribution is -2.10. The van der Waals surface area contributed by atoms with Crippen LogP contribution in [0.1, 0.15) is 6.42 Å². The van der Waals surface area contributed by atoms with Crippen LogP contribution in [0.5, 0.6) is 0 Å². The molecule has 5 heteroatoms. The van der Waals surface area contributed by atoms with Crippen molar-refractivity contribution in [2.75, 3.05) is 14.2 Å². The zero-order valence-corrected chi connectivity index (χ0v) is 9.54. The predicted molar refractivity (Wildman–Crippen MR) is 50.8 cm³/mol. The third-order valence-corrected chi connectivity index (χ3v) is 4.42. The van der Waals surface area contributed by atoms with Crippen LogP contribution in [-0.4, -0.2) is 31.0 Å². The van der Waals surface area contributed by atoms with Gasteiger partial charge < -0.3 is 9.47 Å². The molecular weight excluding hydrogens is 252 g/mol. The Kier molecular flexibility index (Phi) is 2.10. The first-order valence-electron chi connectivity index (χ1n) is 4.39. The van der Waals surface area contributed by atoms with Crippen molar-refractivity contribution in [1.29, 1.82) is 0 Å². The molecule has 0 aromatic carbocycles. The summed E-state index contributed by atoms with van der Waals surface area (Å²) in [4.78, 5) is 23.0. The first kappa shape index (κ1) is 9.96. The topological polar surface area (TPSA) is 52.6 Å². The number of hydrogen-bond donors (Lipinski definition) is 0. The van der Waals surface area contributed by atoms with Gasteiger partial charge in [0, 0.05) is 10.2 Å². The van der Waals surface area contributed by atoms with Gasteiger partial charge in [0.25, 0.3) is 0 Å². The van der Waals surface area contributed by atoms with Crippen LogP contribution in [0.15, 0.2) is 0 Å². The molecule has 0 bridgehead atoms. The molecule has 0 aliphatic heterocycles. The number of carbonyl (C=O) groups excluding carboxylic acids is 2. The minimum atomic E-state index is -0.303. The second kappa shape index (κ2) is 2.95. The fourth-order valence-electron chi connectivity index (χ4n) is 2.32. The van der Waals surface area contributed by atoms with Crippen LogP contribution in [0.3, 0.4) is 0 Å². The Balaban J connectivity index is 2.13. The van der Waals surface area contributed by atoms with E-state index in [0.717, 1.165) is 6.42 Å². The Hall–Kier alpha value is -0.580. The number of rotatable bonds is 2. The van der Waals surface area contributed by atoms with E-state index in [1.165, 1.54) is 14.2 Å². The normalized spacial score (nSPS) is 43.2. The molecule has 2 rings (SSSR count). The summed E-state index contributed by atoms with van der Waals surface area (Å²) < 4.78 is 9.31. The average Bonchev–Trinajstić information content (AvgIpc) is 3.03. The molecule has 2 aliphatic carbocycles. The molecule has 3 atom stereocenters. The van der Waals surface area contributed by atoms with Crippen LogP contribution in [-0.2, 0) is 19.1 Å². The van der Waals surface area contributed by atoms with Crippen LogP contribution < -0.4 is 0 Å². The maximum Gasteiger partial charge on any atom is 0.310 e. The minimum Gasteiger partial charge on any atom is -0.469 e. The number of esters is 2. The van der Waals surface area contributed by atoms with Gasteiger partial charge in [-0.1, -0.05) is 15.9 Å². The molecule has 0 N–H and O–H groups in total. The Labute approximate surface area is 90.1 Å². The van der Waals surface area contributed by atoms with Gasteiger partial charge in [0.15, 0.2) is 0 Å². The maximum absolute atomic E-state index is 11.4. The summed E-state index contributed by atoms with van der Waals surface area (Å²) >= 11 is 3.43. The molecule has 0 radical (unpaired) electrons. The van der Waals surface area contributed by atoms with Gasteiger partial charge in [-0.05, 0) is 6.42 Å². The van der Waals surface area contributed by atoms with Crippen molar-refractivity contribution in [3.8, 4) is 0 Å². The van der Waals surface area contributed by atoms with Crippen molar-refractivity contribution in [1.82, 2.24) is 0 Å². The summed E-state index contributed by atoms with van der Waals surface area (Å²) in [5, 5.41) is 0. The summed E-state index contributed by atoms with van der Waals surface area (Å²) in [6, 6.07) is 0. The predicted octanol–water partition coefficient (Wildman–Crippen LogP) is 0.732. The molecule has 1 unspecified atom stereocenters. The summed E-state index contributed by atoms with van der Waals surface area (Å²) in [7, 11) is 2.68. The molecule has 0 aromatic heterocycles. The molecule has 0 heterocycles. The highest BCUT2D eigenvalue weighted by atomic mass is 79.9. The van der Waals surface area contributed by atoms with Crippen molar-refractivity contribution in [2.24, 2.45) is 17.3 Å². The summed E-state index contributed by atoms with van der Waals surface area (Å²) in [5.74, 6) is -1.21. The standard InChI is InChI=1S/C9H11BrO4/c1-13-7(11)5-6(8(12)14-2)9(5)3-4(9)10/h4-6H,3H2,1-2H3/t4?,5-,6-/m0/s1. The number of methoxy groups -OCH3 is 2. The highest BCUT2D eigenvalue weighted by Crippen LogP contribution is 2.77. The van der Waals surface area contributed by atoms with Gasteiger partial charge in [0.1, 0.15) is 0 Å². The van der Waals surface area contributed by atoms with E-state index in [0.29, 0.717) is 0 Å². The largest absolute Gasteiger partial charge is 0.469 e. The van der Waals surface area contributed by atoms with Gasteiger partial charge in [-0.15, -0.1) is 0 Å². The third-order valence-electron chi connectivity index (χ3n) is 3.25. The Bertz CT molecular complexity index is 279. The maximum atomic E-state index is 11.4. The first-order chi connectivity index (χ1) is 6.59. The van der Waals surface area contributed by atoms with Crippen molar-refractivity contribution < 1.29 is 19.1 Å². The van der Waals surface area contributed by atoms with Gasteiger partial charge in [0.2, 0.25) is 0 Å². The lowest BCUT2D eigenvalue weighted by atomic mass is 10.3. The Morgan fingerprint density at radius 2 is 1.57 bits per heavy atom. The Morgan fingerprint density at radius 3 is 1.79 bits per heavy atom. The van der Waals surface area contributed by atoms with E-state index in [9.17, 15) is 9.59 Å². The zero-order chi connectivity index (χ0) is 10.5. The lowest BCUT2D eigenvalue weighted by molar-refractivity contribution is -0.148. The van der Waals surface area contributed by atoms with Crippen LogP contribution in [0.25, 0.3) is 0 Å². The number of carbonyl (C=O) groups is 2. The SMILES string of the molecule is COC(=O)[C@@H]1[C@@H](C(=O)OC)C12CC2Br. The van der Waals surface area contributed by atoms with E-state index in [1.54, 1.807) is 0 Å². The minimum absolute atomic E-state index is 0.194. The van der Waals surface area contributed by atoms with E-state index in [-0.39, 0.29) is 34.0 Å². The molecule has 4 nitrogen and oxygen atoms in total. The smallest absolute Gasteiger partial charge is 0.310 e. The number of halogens is 1. The van der Waals surface area contributed by atoms with Gasteiger partial charge in [0.05, 0.1) is 26.1 Å². The highest BCUT2D eigenvalue weighted by Gasteiger charge is 2.83. The van der Waals surface area contributed by atoms with Crippen molar-refractivity contribution in [3.63, 3.8) is 0 Å². The molecule has 14 heavy (non-hydrogen) atoms. The van der Waals surface area contributed by atoms with Crippen LogP contribution in [0, 0.1) is 17.3 Å². The summed E-state index contributed by atoms with van der Waals surface area (Å²) in [6.07, 6.45) is 0.854. The van der Waals surface area contributed by atoms with E-state index in [1.807, 2.05) is 0 Å². The second-order valence-electron chi connectivity index (χ2n) is 3.79. The molecule has 0 amide bonds. The second-order valence-corrected chi connectivity index (χ2v) is 4.89. The highest BCUT2D eigenvalue weighted by molar-refractivity contribution is 9.09. The number of ether oxygens (including phenoxy) is 2. The summed E-state index contributed by atoms with van der Waals surface area (Å²) in [5.41, 5.74) is -0.194. The molecule has 2 fully saturated rings. The monoisotopic (exact) mass is 262 g/mol. The fourth-order valence-corrected chi connectivity index (χ4v) is 3.45. The number of hydrogen-bond acceptors (Lipinski definition) is 4. The van der Waals surface area contributed by atoms with E-state index in [4.69, 9.17) is 0 Å². The average molecular weight is 263 g/mol. The van der Waals surface area contributed by atoms with Crippen molar-refractivity contribution in [3.05, 3.63) is 0 Å². The molecule has 2 saturated carbocycles.